The molecule has 14 heavy (non-hydrogen) atoms. The number of rotatable bonds is 1. The molecule has 1 aliphatic heterocycles. The van der Waals surface area contributed by atoms with Gasteiger partial charge in [-0.3, -0.25) is 0 Å². The first-order valence-corrected chi connectivity index (χ1v) is 5.71. The summed E-state index contributed by atoms with van der Waals surface area (Å²) in [6.07, 6.45) is 0.809. The van der Waals surface area contributed by atoms with E-state index >= 15 is 0 Å². The summed E-state index contributed by atoms with van der Waals surface area (Å²) in [6, 6.07) is 9.29. The molecule has 0 aromatic heterocycles. The van der Waals surface area contributed by atoms with E-state index < -0.39 is 5.60 Å². The van der Waals surface area contributed by atoms with Crippen molar-refractivity contribution in [2.45, 2.75) is 12.0 Å². The zero-order valence-electron chi connectivity index (χ0n) is 7.73. The van der Waals surface area contributed by atoms with Gasteiger partial charge in [0.2, 0.25) is 0 Å². The molecule has 1 aromatic rings. The first-order valence-electron chi connectivity index (χ1n) is 4.55. The van der Waals surface area contributed by atoms with Gasteiger partial charge >= 0.3 is 0 Å². The molecule has 0 amide bonds. The van der Waals surface area contributed by atoms with Gasteiger partial charge in [0.15, 0.2) is 0 Å². The number of nitrogens with zero attached hydrogens (tertiary/aromatic N) is 1. The van der Waals surface area contributed by atoms with E-state index in [1.54, 1.807) is 23.9 Å². The van der Waals surface area contributed by atoms with E-state index in [-0.39, 0.29) is 0 Å². The Morgan fingerprint density at radius 3 is 2.57 bits per heavy atom. The maximum Gasteiger partial charge on any atom is 0.0994 e. The molecule has 1 saturated heterocycles. The average Bonchev–Trinajstić information content (AvgIpc) is 2.67. The van der Waals surface area contributed by atoms with Crippen molar-refractivity contribution < 1.29 is 5.11 Å². The van der Waals surface area contributed by atoms with Gasteiger partial charge in [-0.25, -0.2) is 0 Å². The van der Waals surface area contributed by atoms with Crippen LogP contribution in [0.25, 0.3) is 0 Å². The number of benzene rings is 1. The quantitative estimate of drug-likeness (QED) is 0.761. The predicted molar refractivity (Wildman–Crippen MR) is 57.0 cm³/mol. The molecule has 0 radical (unpaired) electrons. The second-order valence-corrected chi connectivity index (χ2v) is 4.63. The van der Waals surface area contributed by atoms with Gasteiger partial charge in [-0.05, 0) is 29.9 Å². The zero-order chi connectivity index (χ0) is 10.0. The molecule has 3 heteroatoms. The molecule has 0 bridgehead atoms. The lowest BCUT2D eigenvalue weighted by molar-refractivity contribution is 0.0658. The van der Waals surface area contributed by atoms with Crippen LogP contribution in [0.3, 0.4) is 0 Å². The zero-order valence-corrected chi connectivity index (χ0v) is 8.55. The fraction of sp³-hybridized carbons (Fsp3) is 0.364. The smallest absolute Gasteiger partial charge is 0.0994 e. The number of aliphatic hydroxyl groups is 1. The molecule has 72 valence electrons. The number of nitriles is 1. The second kappa shape index (κ2) is 3.64. The Kier molecular flexibility index (Phi) is 2.49. The van der Waals surface area contributed by atoms with Crippen LogP contribution >= 0.6 is 11.8 Å². The largest absolute Gasteiger partial charge is 0.384 e. The molecule has 1 aromatic carbocycles. The maximum atomic E-state index is 10.2. The van der Waals surface area contributed by atoms with Crippen molar-refractivity contribution in [2.24, 2.45) is 0 Å². The van der Waals surface area contributed by atoms with Crippen molar-refractivity contribution in [1.82, 2.24) is 0 Å². The Morgan fingerprint density at radius 1 is 1.36 bits per heavy atom. The molecule has 1 fully saturated rings. The molecule has 0 spiro atoms. The third-order valence-corrected chi connectivity index (χ3v) is 3.73. The third-order valence-electron chi connectivity index (χ3n) is 2.55. The van der Waals surface area contributed by atoms with Crippen molar-refractivity contribution >= 4 is 11.8 Å². The first-order chi connectivity index (χ1) is 6.74. The molecule has 2 rings (SSSR count). The minimum absolute atomic E-state index is 0.642. The van der Waals surface area contributed by atoms with E-state index in [9.17, 15) is 5.11 Å². The Bertz CT molecular complexity index is 360. The van der Waals surface area contributed by atoms with Gasteiger partial charge in [0.1, 0.15) is 0 Å². The second-order valence-electron chi connectivity index (χ2n) is 3.52. The highest BCUT2D eigenvalue weighted by Gasteiger charge is 2.33. The fourth-order valence-corrected chi connectivity index (χ4v) is 2.91. The van der Waals surface area contributed by atoms with E-state index in [1.807, 2.05) is 12.1 Å². The highest BCUT2D eigenvalue weighted by molar-refractivity contribution is 7.99. The molecule has 2 nitrogen and oxygen atoms in total. The summed E-state index contributed by atoms with van der Waals surface area (Å²) in [4.78, 5) is 0. The molecule has 1 atom stereocenters. The summed E-state index contributed by atoms with van der Waals surface area (Å²) in [6.45, 7) is 0. The molecule has 0 unspecified atom stereocenters. The molecule has 1 N–H and O–H groups in total. The summed E-state index contributed by atoms with van der Waals surface area (Å²) < 4.78 is 0. The van der Waals surface area contributed by atoms with Crippen LogP contribution in [0.1, 0.15) is 17.5 Å². The normalized spacial score (nSPS) is 26.0. The van der Waals surface area contributed by atoms with Crippen LogP contribution in [-0.2, 0) is 5.60 Å². The van der Waals surface area contributed by atoms with E-state index in [4.69, 9.17) is 5.26 Å². The Morgan fingerprint density at radius 2 is 2.07 bits per heavy atom. The van der Waals surface area contributed by atoms with Gasteiger partial charge in [-0.15, -0.1) is 0 Å². The Hall–Kier alpha value is -0.980. The highest BCUT2D eigenvalue weighted by atomic mass is 32.2. The Balaban J connectivity index is 2.29. The van der Waals surface area contributed by atoms with E-state index in [0.717, 1.165) is 23.5 Å². The van der Waals surface area contributed by atoms with Crippen molar-refractivity contribution in [3.8, 4) is 6.07 Å². The summed E-state index contributed by atoms with van der Waals surface area (Å²) in [7, 11) is 0. The van der Waals surface area contributed by atoms with Crippen LogP contribution in [0.2, 0.25) is 0 Å². The number of hydrogen-bond acceptors (Lipinski definition) is 3. The van der Waals surface area contributed by atoms with Crippen LogP contribution in [0, 0.1) is 11.3 Å². The molecule has 1 aliphatic rings. The van der Waals surface area contributed by atoms with Crippen LogP contribution in [0.15, 0.2) is 24.3 Å². The van der Waals surface area contributed by atoms with Crippen molar-refractivity contribution in [2.75, 3.05) is 11.5 Å². The Labute approximate surface area is 87.6 Å². The van der Waals surface area contributed by atoms with E-state index in [0.29, 0.717) is 5.56 Å². The topological polar surface area (TPSA) is 44.0 Å². The molecule has 0 saturated carbocycles. The summed E-state index contributed by atoms with van der Waals surface area (Å²) in [5, 5.41) is 18.9. The summed E-state index contributed by atoms with van der Waals surface area (Å²) in [5.41, 5.74) is 0.906. The summed E-state index contributed by atoms with van der Waals surface area (Å²) in [5.74, 6) is 1.77. The van der Waals surface area contributed by atoms with E-state index in [1.165, 1.54) is 0 Å². The minimum atomic E-state index is -0.668. The maximum absolute atomic E-state index is 10.2. The highest BCUT2D eigenvalue weighted by Crippen LogP contribution is 2.36. The van der Waals surface area contributed by atoms with Crippen molar-refractivity contribution in [3.63, 3.8) is 0 Å². The monoisotopic (exact) mass is 205 g/mol. The summed E-state index contributed by atoms with van der Waals surface area (Å²) >= 11 is 1.77. The van der Waals surface area contributed by atoms with Gasteiger partial charge in [-0.2, -0.15) is 17.0 Å². The first kappa shape index (κ1) is 9.57. The SMILES string of the molecule is N#Cc1ccc([C@@]2(O)CCSC2)cc1. The van der Waals surface area contributed by atoms with Crippen LogP contribution in [0.4, 0.5) is 0 Å². The van der Waals surface area contributed by atoms with Crippen LogP contribution < -0.4 is 0 Å². The van der Waals surface area contributed by atoms with Crippen molar-refractivity contribution in [1.29, 1.82) is 5.26 Å². The van der Waals surface area contributed by atoms with Crippen molar-refractivity contribution in [3.05, 3.63) is 35.4 Å². The lowest BCUT2D eigenvalue weighted by Gasteiger charge is -2.21. The molecular weight excluding hydrogens is 194 g/mol. The number of thioether (sulfide) groups is 1. The van der Waals surface area contributed by atoms with Gasteiger partial charge < -0.3 is 5.11 Å². The van der Waals surface area contributed by atoms with Gasteiger partial charge in [-0.1, -0.05) is 12.1 Å². The number of hydrogen-bond donors (Lipinski definition) is 1. The van der Waals surface area contributed by atoms with Crippen LogP contribution in [0.5, 0.6) is 0 Å². The molecule has 1 heterocycles. The van der Waals surface area contributed by atoms with Gasteiger partial charge in [0.25, 0.3) is 0 Å². The fourth-order valence-electron chi connectivity index (χ4n) is 1.64. The lowest BCUT2D eigenvalue weighted by Crippen LogP contribution is -2.24. The third kappa shape index (κ3) is 1.63. The predicted octanol–water partition coefficient (Wildman–Crippen LogP) is 1.88. The average molecular weight is 205 g/mol. The lowest BCUT2D eigenvalue weighted by atomic mass is 9.93. The van der Waals surface area contributed by atoms with Gasteiger partial charge in [0.05, 0.1) is 17.2 Å². The van der Waals surface area contributed by atoms with Gasteiger partial charge in [0, 0.05) is 5.75 Å². The standard InChI is InChI=1S/C11H11NOS/c12-7-9-1-3-10(4-2-9)11(13)5-6-14-8-11/h1-4,13H,5-6,8H2/t11-/m1/s1. The van der Waals surface area contributed by atoms with E-state index in [2.05, 4.69) is 6.07 Å². The molecular formula is C11H11NOS. The van der Waals surface area contributed by atoms with Crippen LogP contribution in [-0.4, -0.2) is 16.6 Å². The molecule has 0 aliphatic carbocycles. The minimum Gasteiger partial charge on any atom is -0.384 e.